The minimum Gasteiger partial charge on any atom is -0.369 e. The van der Waals surface area contributed by atoms with E-state index < -0.39 is 11.9 Å². The van der Waals surface area contributed by atoms with Gasteiger partial charge in [-0.3, -0.25) is 0 Å². The van der Waals surface area contributed by atoms with Crippen molar-refractivity contribution in [2.75, 3.05) is 11.9 Å². The summed E-state index contributed by atoms with van der Waals surface area (Å²) in [6, 6.07) is 2.24. The Morgan fingerprint density at radius 2 is 1.89 bits per heavy atom. The van der Waals surface area contributed by atoms with Crippen LogP contribution in [0.2, 0.25) is 0 Å². The summed E-state index contributed by atoms with van der Waals surface area (Å²) in [4.78, 5) is 0. The normalized spacial score (nSPS) is 11.9. The highest BCUT2D eigenvalue weighted by Crippen LogP contribution is 2.26. The zero-order chi connectivity index (χ0) is 13.6. The van der Waals surface area contributed by atoms with Crippen molar-refractivity contribution in [1.82, 2.24) is 10.2 Å². The quantitative estimate of drug-likeness (QED) is 0.793. The van der Waals surface area contributed by atoms with Gasteiger partial charge in [0.15, 0.2) is 5.69 Å². The molecule has 1 rings (SSSR count). The van der Waals surface area contributed by atoms with Gasteiger partial charge in [0, 0.05) is 6.54 Å². The lowest BCUT2D eigenvalue weighted by Crippen LogP contribution is -2.11. The molecule has 0 spiro atoms. The van der Waals surface area contributed by atoms with Crippen LogP contribution in [0.1, 0.15) is 38.8 Å². The summed E-state index contributed by atoms with van der Waals surface area (Å²) in [5.74, 6) is 1.06. The largest absolute Gasteiger partial charge is 0.435 e. The number of nitrogens with one attached hydrogen (secondary N) is 1. The molecule has 0 amide bonds. The van der Waals surface area contributed by atoms with Crippen molar-refractivity contribution >= 4 is 5.82 Å². The Hall–Kier alpha value is -1.33. The molecule has 0 bridgehead atoms. The summed E-state index contributed by atoms with van der Waals surface area (Å²) >= 11 is 0. The highest BCUT2D eigenvalue weighted by Gasteiger charge is 2.32. The molecule has 0 aliphatic carbocycles. The fourth-order valence-electron chi connectivity index (χ4n) is 1.47. The van der Waals surface area contributed by atoms with Crippen LogP contribution in [-0.4, -0.2) is 16.7 Å². The number of halogens is 3. The van der Waals surface area contributed by atoms with Gasteiger partial charge in [0.2, 0.25) is 0 Å². The first kappa shape index (κ1) is 14.7. The molecule has 18 heavy (non-hydrogen) atoms. The Labute approximate surface area is 105 Å². The molecule has 1 heterocycles. The molecule has 0 atom stereocenters. The average Bonchev–Trinajstić information content (AvgIpc) is 2.27. The van der Waals surface area contributed by atoms with Crippen LogP contribution in [0.4, 0.5) is 19.0 Å². The van der Waals surface area contributed by atoms with Crippen LogP contribution in [-0.2, 0) is 6.18 Å². The summed E-state index contributed by atoms with van der Waals surface area (Å²) in [5.41, 5.74) is -0.965. The van der Waals surface area contributed by atoms with Crippen molar-refractivity contribution in [2.24, 2.45) is 5.92 Å². The number of rotatable bonds is 6. The molecule has 0 radical (unpaired) electrons. The molecule has 1 aromatic heterocycles. The molecule has 0 aromatic carbocycles. The van der Waals surface area contributed by atoms with E-state index in [0.29, 0.717) is 18.3 Å². The van der Waals surface area contributed by atoms with Gasteiger partial charge in [0.25, 0.3) is 0 Å². The second kappa shape index (κ2) is 6.56. The number of alkyl halides is 3. The van der Waals surface area contributed by atoms with Gasteiger partial charge in [0.05, 0.1) is 0 Å². The monoisotopic (exact) mass is 261 g/mol. The van der Waals surface area contributed by atoms with Gasteiger partial charge in [-0.05, 0) is 24.5 Å². The van der Waals surface area contributed by atoms with E-state index in [0.717, 1.165) is 25.3 Å². The Balaban J connectivity index is 2.31. The maximum absolute atomic E-state index is 12.2. The van der Waals surface area contributed by atoms with E-state index in [9.17, 15) is 13.2 Å². The van der Waals surface area contributed by atoms with E-state index in [4.69, 9.17) is 0 Å². The molecule has 102 valence electrons. The number of unbranched alkanes of at least 4 members (excludes halogenated alkanes) is 1. The van der Waals surface area contributed by atoms with Crippen LogP contribution in [0.25, 0.3) is 0 Å². The Morgan fingerprint density at radius 1 is 1.17 bits per heavy atom. The third kappa shape index (κ3) is 5.33. The molecule has 1 N–H and O–H groups in total. The van der Waals surface area contributed by atoms with Crippen molar-refractivity contribution in [2.45, 2.75) is 39.3 Å². The lowest BCUT2D eigenvalue weighted by Gasteiger charge is -2.08. The highest BCUT2D eigenvalue weighted by molar-refractivity contribution is 5.33. The van der Waals surface area contributed by atoms with Crippen molar-refractivity contribution < 1.29 is 13.2 Å². The van der Waals surface area contributed by atoms with E-state index in [1.807, 2.05) is 0 Å². The molecule has 3 nitrogen and oxygen atoms in total. The molecule has 0 unspecified atom stereocenters. The fraction of sp³-hybridized carbons (Fsp3) is 0.667. The number of hydrogen-bond donors (Lipinski definition) is 1. The van der Waals surface area contributed by atoms with E-state index in [1.54, 1.807) is 0 Å². The standard InChI is InChI=1S/C12H18F3N3/c1-9(2)5-3-4-8-16-11-7-6-10(17-18-11)12(13,14)15/h6-7,9H,3-5,8H2,1-2H3,(H,16,18). The van der Waals surface area contributed by atoms with Crippen molar-refractivity contribution in [3.05, 3.63) is 17.8 Å². The zero-order valence-electron chi connectivity index (χ0n) is 10.6. The predicted octanol–water partition coefficient (Wildman–Crippen LogP) is 3.73. The molecular formula is C12H18F3N3. The van der Waals surface area contributed by atoms with Crippen molar-refractivity contribution in [3.63, 3.8) is 0 Å². The molecule has 0 saturated carbocycles. The number of hydrogen-bond acceptors (Lipinski definition) is 3. The van der Waals surface area contributed by atoms with Crippen molar-refractivity contribution in [3.8, 4) is 0 Å². The second-order valence-electron chi connectivity index (χ2n) is 4.62. The molecule has 0 aliphatic rings. The van der Waals surface area contributed by atoms with Gasteiger partial charge in [-0.2, -0.15) is 13.2 Å². The molecule has 0 fully saturated rings. The smallest absolute Gasteiger partial charge is 0.369 e. The van der Waals surface area contributed by atoms with Crippen LogP contribution < -0.4 is 5.32 Å². The van der Waals surface area contributed by atoms with E-state index in [-0.39, 0.29) is 0 Å². The van der Waals surface area contributed by atoms with Crippen molar-refractivity contribution in [1.29, 1.82) is 0 Å². The minimum atomic E-state index is -4.43. The SMILES string of the molecule is CC(C)CCCCNc1ccc(C(F)(F)F)nn1. The highest BCUT2D eigenvalue weighted by atomic mass is 19.4. The maximum atomic E-state index is 12.2. The summed E-state index contributed by atoms with van der Waals surface area (Å²) in [6.07, 6.45) is -1.21. The predicted molar refractivity (Wildman–Crippen MR) is 64.2 cm³/mol. The van der Waals surface area contributed by atoms with Gasteiger partial charge < -0.3 is 5.32 Å². The van der Waals surface area contributed by atoms with Gasteiger partial charge >= 0.3 is 6.18 Å². The first-order valence-corrected chi connectivity index (χ1v) is 6.04. The summed E-state index contributed by atoms with van der Waals surface area (Å²) in [6.45, 7) is 5.02. The number of anilines is 1. The zero-order valence-corrected chi connectivity index (χ0v) is 10.6. The van der Waals surface area contributed by atoms with E-state index in [1.165, 1.54) is 6.07 Å². The Morgan fingerprint density at radius 3 is 2.39 bits per heavy atom. The molecule has 0 aliphatic heterocycles. The Bertz CT molecular complexity index is 347. The molecule has 6 heteroatoms. The van der Waals surface area contributed by atoms with Crippen LogP contribution in [0.5, 0.6) is 0 Å². The summed E-state index contributed by atoms with van der Waals surface area (Å²) in [7, 11) is 0. The second-order valence-corrected chi connectivity index (χ2v) is 4.62. The van der Waals surface area contributed by atoms with Gasteiger partial charge in [-0.15, -0.1) is 10.2 Å². The van der Waals surface area contributed by atoms with Crippen LogP contribution in [0.3, 0.4) is 0 Å². The van der Waals surface area contributed by atoms with Crippen LogP contribution >= 0.6 is 0 Å². The minimum absolute atomic E-state index is 0.382. The van der Waals surface area contributed by atoms with Gasteiger partial charge in [-0.1, -0.05) is 26.7 Å². The molecule has 0 saturated heterocycles. The van der Waals surface area contributed by atoms with E-state index >= 15 is 0 Å². The first-order valence-electron chi connectivity index (χ1n) is 6.04. The lowest BCUT2D eigenvalue weighted by molar-refractivity contribution is -0.141. The summed E-state index contributed by atoms with van der Waals surface area (Å²) < 4.78 is 36.7. The first-order chi connectivity index (χ1) is 8.39. The third-order valence-electron chi connectivity index (χ3n) is 2.47. The number of nitrogens with zero attached hydrogens (tertiary/aromatic N) is 2. The molecular weight excluding hydrogens is 243 g/mol. The average molecular weight is 261 g/mol. The van der Waals surface area contributed by atoms with E-state index in [2.05, 4.69) is 29.4 Å². The summed E-state index contributed by atoms with van der Waals surface area (Å²) in [5, 5.41) is 9.59. The van der Waals surface area contributed by atoms with Gasteiger partial charge in [0.1, 0.15) is 5.82 Å². The van der Waals surface area contributed by atoms with Crippen LogP contribution in [0, 0.1) is 5.92 Å². The number of aromatic nitrogens is 2. The maximum Gasteiger partial charge on any atom is 0.435 e. The molecule has 1 aromatic rings. The lowest BCUT2D eigenvalue weighted by atomic mass is 10.1. The van der Waals surface area contributed by atoms with Gasteiger partial charge in [-0.25, -0.2) is 0 Å². The Kier molecular flexibility index (Phi) is 5.37. The van der Waals surface area contributed by atoms with Crippen LogP contribution in [0.15, 0.2) is 12.1 Å². The topological polar surface area (TPSA) is 37.8 Å². The third-order valence-corrected chi connectivity index (χ3v) is 2.47. The fourth-order valence-corrected chi connectivity index (χ4v) is 1.47.